The molecule has 0 spiro atoms. The molecule has 8 heteroatoms. The van der Waals surface area contributed by atoms with Crippen molar-refractivity contribution in [2.24, 2.45) is 0 Å². The number of carbonyl (C=O) groups is 1. The zero-order valence-corrected chi connectivity index (χ0v) is 16.1. The molecule has 0 radical (unpaired) electrons. The minimum Gasteiger partial charge on any atom is -0.492 e. The number of halogens is 1. The van der Waals surface area contributed by atoms with Crippen molar-refractivity contribution in [3.05, 3.63) is 60.4 Å². The molecule has 2 aromatic carbocycles. The highest BCUT2D eigenvalue weighted by Crippen LogP contribution is 2.22. The Labute approximate surface area is 159 Å². The predicted octanol–water partition coefficient (Wildman–Crippen LogP) is 2.57. The first-order valence-electron chi connectivity index (χ1n) is 8.53. The Morgan fingerprint density at radius 3 is 2.33 bits per heavy atom. The molecule has 6 nitrogen and oxygen atoms in total. The monoisotopic (exact) mass is 394 g/mol. The zero-order chi connectivity index (χ0) is 19.9. The lowest BCUT2D eigenvalue weighted by atomic mass is 10.2. The lowest BCUT2D eigenvalue weighted by Crippen LogP contribution is -2.49. The summed E-state index contributed by atoms with van der Waals surface area (Å²) in [5, 5.41) is 2.69. The number of para-hydroxylation sites is 1. The molecule has 146 valence electrons. The van der Waals surface area contributed by atoms with Crippen molar-refractivity contribution < 1.29 is 22.3 Å². The first kappa shape index (κ1) is 20.7. The van der Waals surface area contributed by atoms with Crippen LogP contribution in [-0.2, 0) is 14.8 Å². The van der Waals surface area contributed by atoms with E-state index in [0.29, 0.717) is 17.9 Å². The van der Waals surface area contributed by atoms with E-state index >= 15 is 0 Å². The molecule has 0 saturated carbocycles. The van der Waals surface area contributed by atoms with E-state index in [1.807, 2.05) is 0 Å². The zero-order valence-electron chi connectivity index (χ0n) is 15.3. The van der Waals surface area contributed by atoms with Gasteiger partial charge in [-0.2, -0.15) is 0 Å². The number of carbonyl (C=O) groups excluding carboxylic acids is 1. The molecule has 0 heterocycles. The summed E-state index contributed by atoms with van der Waals surface area (Å²) in [7, 11) is -3.65. The van der Waals surface area contributed by atoms with Crippen LogP contribution in [0.4, 0.5) is 10.1 Å². The van der Waals surface area contributed by atoms with Crippen LogP contribution in [0.2, 0.25) is 0 Å². The van der Waals surface area contributed by atoms with E-state index in [1.165, 1.54) is 24.3 Å². The SMILES string of the molecule is CCC(C(=O)NCCOc1ccc(F)cc1)N(c1ccccc1)S(C)(=O)=O. The summed E-state index contributed by atoms with van der Waals surface area (Å²) in [6.07, 6.45) is 1.39. The van der Waals surface area contributed by atoms with Gasteiger partial charge in [-0.1, -0.05) is 25.1 Å². The second kappa shape index (κ2) is 9.36. The Kier molecular flexibility index (Phi) is 7.18. The number of sulfonamides is 1. The molecule has 0 aromatic heterocycles. The van der Waals surface area contributed by atoms with Gasteiger partial charge in [-0.25, -0.2) is 12.8 Å². The normalized spacial score (nSPS) is 12.3. The van der Waals surface area contributed by atoms with Gasteiger partial charge in [0.25, 0.3) is 0 Å². The number of ether oxygens (including phenoxy) is 1. The summed E-state index contributed by atoms with van der Waals surface area (Å²) in [5.41, 5.74) is 0.435. The summed E-state index contributed by atoms with van der Waals surface area (Å²) in [4.78, 5) is 12.6. The van der Waals surface area contributed by atoms with Gasteiger partial charge >= 0.3 is 0 Å². The standard InChI is InChI=1S/C19H23FN2O4S/c1-3-18(22(27(2,24)25)16-7-5-4-6-8-16)19(23)21-13-14-26-17-11-9-15(20)10-12-17/h4-12,18H,3,13-14H2,1-2H3,(H,21,23). The van der Waals surface area contributed by atoms with Crippen LogP contribution < -0.4 is 14.4 Å². The average Bonchev–Trinajstić information content (AvgIpc) is 2.64. The lowest BCUT2D eigenvalue weighted by Gasteiger charge is -2.30. The van der Waals surface area contributed by atoms with Gasteiger partial charge in [0.05, 0.1) is 18.5 Å². The Balaban J connectivity index is 1.99. The van der Waals surface area contributed by atoms with Crippen LogP contribution >= 0.6 is 0 Å². The fraction of sp³-hybridized carbons (Fsp3) is 0.316. The second-order valence-electron chi connectivity index (χ2n) is 5.91. The van der Waals surface area contributed by atoms with E-state index in [-0.39, 0.29) is 19.0 Å². The van der Waals surface area contributed by atoms with E-state index in [1.54, 1.807) is 37.3 Å². The quantitative estimate of drug-likeness (QED) is 0.664. The van der Waals surface area contributed by atoms with Crippen molar-refractivity contribution >= 4 is 21.6 Å². The molecule has 1 N–H and O–H groups in total. The van der Waals surface area contributed by atoms with Gasteiger partial charge in [-0.3, -0.25) is 9.10 Å². The van der Waals surface area contributed by atoms with Crippen molar-refractivity contribution in [1.82, 2.24) is 5.32 Å². The van der Waals surface area contributed by atoms with Gasteiger partial charge in [0.1, 0.15) is 24.2 Å². The third kappa shape index (κ3) is 5.96. The number of benzene rings is 2. The number of hydrogen-bond donors (Lipinski definition) is 1. The fourth-order valence-electron chi connectivity index (χ4n) is 2.63. The Morgan fingerprint density at radius 2 is 1.78 bits per heavy atom. The summed E-state index contributed by atoms with van der Waals surface area (Å²) in [6.45, 7) is 2.12. The molecule has 1 amide bonds. The summed E-state index contributed by atoms with van der Waals surface area (Å²) < 4.78 is 43.9. The highest BCUT2D eigenvalue weighted by molar-refractivity contribution is 7.92. The van der Waals surface area contributed by atoms with Gasteiger partial charge in [0.2, 0.25) is 15.9 Å². The smallest absolute Gasteiger partial charge is 0.244 e. The number of anilines is 1. The maximum Gasteiger partial charge on any atom is 0.244 e. The van der Waals surface area contributed by atoms with Crippen molar-refractivity contribution in [3.63, 3.8) is 0 Å². The van der Waals surface area contributed by atoms with Gasteiger partial charge in [-0.15, -0.1) is 0 Å². The third-order valence-electron chi connectivity index (χ3n) is 3.82. The molecule has 0 aliphatic carbocycles. The third-order valence-corrected chi connectivity index (χ3v) is 5.00. The Bertz CT molecular complexity index is 842. The molecule has 0 fully saturated rings. The van der Waals surface area contributed by atoms with Gasteiger partial charge in [0, 0.05) is 0 Å². The summed E-state index contributed by atoms with van der Waals surface area (Å²) in [6, 6.07) is 13.2. The Morgan fingerprint density at radius 1 is 1.15 bits per heavy atom. The number of nitrogens with zero attached hydrogens (tertiary/aromatic N) is 1. The molecule has 0 bridgehead atoms. The number of amides is 1. The van der Waals surface area contributed by atoms with Crippen LogP contribution in [-0.4, -0.2) is 39.8 Å². The highest BCUT2D eigenvalue weighted by Gasteiger charge is 2.31. The van der Waals surface area contributed by atoms with E-state index in [0.717, 1.165) is 10.6 Å². The van der Waals surface area contributed by atoms with Crippen LogP contribution in [0.3, 0.4) is 0 Å². The summed E-state index contributed by atoms with van der Waals surface area (Å²) >= 11 is 0. The topological polar surface area (TPSA) is 75.7 Å². The average molecular weight is 394 g/mol. The maximum absolute atomic E-state index is 12.9. The van der Waals surface area contributed by atoms with Crippen molar-refractivity contribution in [3.8, 4) is 5.75 Å². The van der Waals surface area contributed by atoms with Crippen molar-refractivity contribution in [1.29, 1.82) is 0 Å². The minimum atomic E-state index is -3.65. The van der Waals surface area contributed by atoms with Crippen LogP contribution in [0.15, 0.2) is 54.6 Å². The lowest BCUT2D eigenvalue weighted by molar-refractivity contribution is -0.122. The van der Waals surface area contributed by atoms with E-state index < -0.39 is 22.0 Å². The van der Waals surface area contributed by atoms with E-state index in [9.17, 15) is 17.6 Å². The summed E-state index contributed by atoms with van der Waals surface area (Å²) in [5.74, 6) is -0.280. The van der Waals surface area contributed by atoms with E-state index in [4.69, 9.17) is 4.74 Å². The predicted molar refractivity (Wildman–Crippen MR) is 103 cm³/mol. The minimum absolute atomic E-state index is 0.179. The number of hydrogen-bond acceptors (Lipinski definition) is 4. The molecular formula is C19H23FN2O4S. The molecule has 2 aromatic rings. The second-order valence-corrected chi connectivity index (χ2v) is 7.77. The highest BCUT2D eigenvalue weighted by atomic mass is 32.2. The first-order valence-corrected chi connectivity index (χ1v) is 10.4. The van der Waals surface area contributed by atoms with Crippen molar-refractivity contribution in [2.75, 3.05) is 23.7 Å². The number of rotatable bonds is 9. The van der Waals surface area contributed by atoms with Crippen LogP contribution in [0.5, 0.6) is 5.75 Å². The van der Waals surface area contributed by atoms with E-state index in [2.05, 4.69) is 5.32 Å². The first-order chi connectivity index (χ1) is 12.8. The number of nitrogens with one attached hydrogen (secondary N) is 1. The largest absolute Gasteiger partial charge is 0.492 e. The molecule has 1 atom stereocenters. The molecule has 0 saturated heterocycles. The molecule has 0 aliphatic heterocycles. The maximum atomic E-state index is 12.9. The molecular weight excluding hydrogens is 371 g/mol. The van der Waals surface area contributed by atoms with Crippen molar-refractivity contribution in [2.45, 2.75) is 19.4 Å². The van der Waals surface area contributed by atoms with Crippen LogP contribution in [0, 0.1) is 5.82 Å². The molecule has 0 aliphatic rings. The van der Waals surface area contributed by atoms with Gasteiger partial charge in [-0.05, 0) is 42.8 Å². The fourth-order valence-corrected chi connectivity index (χ4v) is 3.84. The van der Waals surface area contributed by atoms with Crippen LogP contribution in [0.1, 0.15) is 13.3 Å². The van der Waals surface area contributed by atoms with Crippen LogP contribution in [0.25, 0.3) is 0 Å². The molecule has 27 heavy (non-hydrogen) atoms. The molecule has 1 unspecified atom stereocenters. The van der Waals surface area contributed by atoms with Gasteiger partial charge < -0.3 is 10.1 Å². The Hall–Kier alpha value is -2.61. The van der Waals surface area contributed by atoms with Gasteiger partial charge in [0.15, 0.2) is 0 Å². The molecule has 2 rings (SSSR count).